The molecule has 3 aromatic heterocycles. The van der Waals surface area contributed by atoms with E-state index >= 15 is 0 Å². The summed E-state index contributed by atoms with van der Waals surface area (Å²) in [6, 6.07) is 12.9. The molecule has 1 aromatic carbocycles. The van der Waals surface area contributed by atoms with E-state index in [2.05, 4.69) is 59.9 Å². The Morgan fingerprint density at radius 1 is 1.10 bits per heavy atom. The van der Waals surface area contributed by atoms with Crippen molar-refractivity contribution in [3.05, 3.63) is 60.0 Å². The fourth-order valence-electron chi connectivity index (χ4n) is 3.66. The second-order valence-corrected chi connectivity index (χ2v) is 7.24. The highest BCUT2D eigenvalue weighted by atomic mass is 32.1. The number of nitrogens with zero attached hydrogens (tertiary/aromatic N) is 2. The van der Waals surface area contributed by atoms with Gasteiger partial charge in [-0.1, -0.05) is 32.0 Å². The smallest absolute Gasteiger partial charge is 0.0903 e. The molecule has 5 rings (SSSR count). The van der Waals surface area contributed by atoms with Crippen molar-refractivity contribution in [3.63, 3.8) is 0 Å². The van der Waals surface area contributed by atoms with E-state index in [1.165, 1.54) is 31.7 Å². The van der Waals surface area contributed by atoms with Gasteiger partial charge in [0.2, 0.25) is 0 Å². The lowest BCUT2D eigenvalue weighted by Gasteiger charge is -2.19. The maximum atomic E-state index is 4.58. The van der Waals surface area contributed by atoms with Crippen molar-refractivity contribution in [2.75, 3.05) is 0 Å². The Labute approximate surface area is 126 Å². The molecule has 0 radical (unpaired) electrons. The molecule has 4 heterocycles. The van der Waals surface area contributed by atoms with Crippen LogP contribution in [0.15, 0.2) is 48.8 Å². The third-order valence-corrected chi connectivity index (χ3v) is 5.79. The molecule has 3 heteroatoms. The lowest BCUT2D eigenvalue weighted by molar-refractivity contribution is 0.650. The van der Waals surface area contributed by atoms with E-state index in [1.807, 2.05) is 23.6 Å². The van der Waals surface area contributed by atoms with Crippen LogP contribution in [0.3, 0.4) is 0 Å². The lowest BCUT2D eigenvalue weighted by Crippen LogP contribution is -2.15. The molecule has 0 bridgehead atoms. The average Bonchev–Trinajstić information content (AvgIpc) is 3.08. The van der Waals surface area contributed by atoms with Gasteiger partial charge >= 0.3 is 0 Å². The van der Waals surface area contributed by atoms with Crippen molar-refractivity contribution in [3.8, 4) is 5.69 Å². The van der Waals surface area contributed by atoms with Gasteiger partial charge in [-0.2, -0.15) is 0 Å². The zero-order chi connectivity index (χ0) is 14.2. The van der Waals surface area contributed by atoms with Crippen LogP contribution in [0.5, 0.6) is 0 Å². The van der Waals surface area contributed by atoms with Crippen molar-refractivity contribution in [1.82, 2.24) is 9.55 Å². The molecule has 0 N–H and O–H groups in total. The first-order valence-electron chi connectivity index (χ1n) is 7.17. The molecule has 0 atom stereocenters. The minimum absolute atomic E-state index is 0.0409. The summed E-state index contributed by atoms with van der Waals surface area (Å²) in [5.74, 6) is 0. The normalized spacial score (nSPS) is 15.5. The van der Waals surface area contributed by atoms with Crippen molar-refractivity contribution < 1.29 is 0 Å². The van der Waals surface area contributed by atoms with E-state index in [1.54, 1.807) is 0 Å². The van der Waals surface area contributed by atoms with E-state index in [9.17, 15) is 0 Å². The van der Waals surface area contributed by atoms with Crippen LogP contribution >= 0.6 is 11.3 Å². The fraction of sp³-hybridized carbons (Fsp3) is 0.167. The number of pyridine rings is 1. The van der Waals surface area contributed by atoms with Crippen LogP contribution in [0.1, 0.15) is 25.1 Å². The number of fused-ring (bicyclic) bond motifs is 7. The van der Waals surface area contributed by atoms with Crippen LogP contribution < -0.4 is 0 Å². The summed E-state index contributed by atoms with van der Waals surface area (Å²) in [7, 11) is 0. The Hall–Kier alpha value is -2.13. The third-order valence-electron chi connectivity index (χ3n) is 4.63. The lowest BCUT2D eigenvalue weighted by atomic mass is 9.83. The molecule has 0 aliphatic carbocycles. The fourth-order valence-corrected chi connectivity index (χ4v) is 5.00. The van der Waals surface area contributed by atoms with Crippen LogP contribution in [0.25, 0.3) is 26.0 Å². The molecule has 1 aliphatic heterocycles. The second-order valence-electron chi connectivity index (χ2n) is 6.18. The highest BCUT2D eigenvalue weighted by Crippen LogP contribution is 2.49. The first kappa shape index (κ1) is 11.5. The van der Waals surface area contributed by atoms with Crippen LogP contribution in [0.2, 0.25) is 0 Å². The number of thiophene rings is 1. The van der Waals surface area contributed by atoms with Crippen LogP contribution in [0, 0.1) is 0 Å². The molecule has 2 nitrogen and oxygen atoms in total. The number of hydrogen-bond donors (Lipinski definition) is 0. The van der Waals surface area contributed by atoms with Gasteiger partial charge in [0.1, 0.15) is 0 Å². The van der Waals surface area contributed by atoms with E-state index < -0.39 is 0 Å². The van der Waals surface area contributed by atoms with Crippen molar-refractivity contribution >= 4 is 31.6 Å². The maximum absolute atomic E-state index is 4.58. The highest BCUT2D eigenvalue weighted by molar-refractivity contribution is 7.26. The summed E-state index contributed by atoms with van der Waals surface area (Å²) in [5, 5.41) is 1.29. The summed E-state index contributed by atoms with van der Waals surface area (Å²) >= 11 is 1.86. The maximum Gasteiger partial charge on any atom is 0.0903 e. The van der Waals surface area contributed by atoms with Crippen LogP contribution in [-0.4, -0.2) is 9.55 Å². The topological polar surface area (TPSA) is 17.8 Å². The molecule has 0 fully saturated rings. The zero-order valence-electron chi connectivity index (χ0n) is 11.9. The first-order valence-corrected chi connectivity index (χ1v) is 7.98. The number of benzene rings is 1. The minimum atomic E-state index is 0.0409. The summed E-state index contributed by atoms with van der Waals surface area (Å²) in [6.07, 6.45) is 4.15. The summed E-state index contributed by atoms with van der Waals surface area (Å²) in [5.41, 5.74) is 5.30. The molecular formula is C18H14N2S. The summed E-state index contributed by atoms with van der Waals surface area (Å²) < 4.78 is 5.02. The van der Waals surface area contributed by atoms with E-state index in [0.29, 0.717) is 0 Å². The zero-order valence-corrected chi connectivity index (χ0v) is 12.7. The van der Waals surface area contributed by atoms with Gasteiger partial charge in [-0.3, -0.25) is 4.98 Å². The standard InChI is InChI=1S/C18H14N2S/c1-18(2)12-6-3-4-7-13(12)20-10-11-15-14(8-5-9-19-15)21-16(11)17(18)20/h3-10H,1-2H3. The molecule has 0 unspecified atom stereocenters. The van der Waals surface area contributed by atoms with Crippen molar-refractivity contribution in [2.45, 2.75) is 19.3 Å². The Morgan fingerprint density at radius 3 is 2.86 bits per heavy atom. The molecule has 0 spiro atoms. The van der Waals surface area contributed by atoms with Crippen molar-refractivity contribution in [2.24, 2.45) is 0 Å². The van der Waals surface area contributed by atoms with Gasteiger partial charge in [0.05, 0.1) is 20.6 Å². The quantitative estimate of drug-likeness (QED) is 0.451. The Balaban J connectivity index is 1.99. The Kier molecular flexibility index (Phi) is 1.95. The monoisotopic (exact) mass is 290 g/mol. The van der Waals surface area contributed by atoms with Gasteiger partial charge in [0.15, 0.2) is 0 Å². The minimum Gasteiger partial charge on any atom is -0.318 e. The molecule has 0 amide bonds. The van der Waals surface area contributed by atoms with Gasteiger partial charge in [-0.15, -0.1) is 11.3 Å². The highest BCUT2D eigenvalue weighted by Gasteiger charge is 2.38. The van der Waals surface area contributed by atoms with E-state index in [-0.39, 0.29) is 5.41 Å². The van der Waals surface area contributed by atoms with Crippen LogP contribution in [-0.2, 0) is 5.41 Å². The first-order chi connectivity index (χ1) is 10.2. The number of aromatic nitrogens is 2. The SMILES string of the molecule is CC1(C)c2ccccc2-n2cc3c(sc4cccnc43)c21. The number of para-hydroxylation sites is 1. The van der Waals surface area contributed by atoms with Gasteiger partial charge in [0, 0.05) is 28.9 Å². The van der Waals surface area contributed by atoms with Gasteiger partial charge in [-0.25, -0.2) is 0 Å². The number of hydrogen-bond acceptors (Lipinski definition) is 2. The molecule has 102 valence electrons. The molecule has 1 aliphatic rings. The van der Waals surface area contributed by atoms with Gasteiger partial charge in [0.25, 0.3) is 0 Å². The molecule has 21 heavy (non-hydrogen) atoms. The summed E-state index contributed by atoms with van der Waals surface area (Å²) in [4.78, 5) is 4.58. The van der Waals surface area contributed by atoms with E-state index in [4.69, 9.17) is 0 Å². The van der Waals surface area contributed by atoms with Crippen molar-refractivity contribution in [1.29, 1.82) is 0 Å². The van der Waals surface area contributed by atoms with Gasteiger partial charge < -0.3 is 4.57 Å². The Morgan fingerprint density at radius 2 is 1.95 bits per heavy atom. The van der Waals surface area contributed by atoms with E-state index in [0.717, 1.165) is 5.52 Å². The molecular weight excluding hydrogens is 276 g/mol. The van der Waals surface area contributed by atoms with Crippen LogP contribution in [0.4, 0.5) is 0 Å². The summed E-state index contributed by atoms with van der Waals surface area (Å²) in [6.45, 7) is 4.64. The predicted octanol–water partition coefficient (Wildman–Crippen LogP) is 4.88. The largest absolute Gasteiger partial charge is 0.318 e. The molecule has 0 saturated heterocycles. The third kappa shape index (κ3) is 1.26. The Bertz CT molecular complexity index is 1020. The molecule has 4 aromatic rings. The number of rotatable bonds is 0. The second kappa shape index (κ2) is 3.55. The predicted molar refractivity (Wildman–Crippen MR) is 88.6 cm³/mol. The average molecular weight is 290 g/mol. The van der Waals surface area contributed by atoms with Gasteiger partial charge in [-0.05, 0) is 23.8 Å². The molecule has 0 saturated carbocycles.